The van der Waals surface area contributed by atoms with Crippen LogP contribution in [0, 0.1) is 13.8 Å². The molecule has 2 aromatic carbocycles. The molecule has 2 aromatic heterocycles. The first kappa shape index (κ1) is 34.9. The van der Waals surface area contributed by atoms with Gasteiger partial charge >= 0.3 is 20.3 Å². The molecule has 1 atom stereocenters. The van der Waals surface area contributed by atoms with E-state index < -0.39 is 33.0 Å². The minimum atomic E-state index is -2.94. The summed E-state index contributed by atoms with van der Waals surface area (Å²) in [6.45, 7) is 4.70. The second-order valence-corrected chi connectivity index (χ2v) is 11.8. The maximum absolute atomic E-state index is 13.7. The monoisotopic (exact) mass is 693 g/mol. The molecule has 1 aliphatic rings. The van der Waals surface area contributed by atoms with Gasteiger partial charge in [0.1, 0.15) is 16.5 Å². The predicted molar refractivity (Wildman–Crippen MR) is 173 cm³/mol. The van der Waals surface area contributed by atoms with E-state index in [2.05, 4.69) is 30.3 Å². The number of rotatable bonds is 14. The van der Waals surface area contributed by atoms with Gasteiger partial charge in [0, 0.05) is 34.6 Å². The number of ether oxygens (including phenoxy) is 2. The normalized spacial score (nSPS) is 12.6. The van der Waals surface area contributed by atoms with Crippen LogP contribution < -0.4 is 15.5 Å². The van der Waals surface area contributed by atoms with E-state index in [4.69, 9.17) is 14.4 Å². The lowest BCUT2D eigenvalue weighted by Crippen LogP contribution is -2.38. The molecule has 0 radical (unpaired) electrons. The quantitative estimate of drug-likeness (QED) is 0.0541. The number of aryl methyl sites for hydroxylation is 2. The van der Waals surface area contributed by atoms with Crippen LogP contribution in [0.15, 0.2) is 55.0 Å². The van der Waals surface area contributed by atoms with Crippen LogP contribution in [0.4, 0.5) is 16.3 Å². The second-order valence-electron chi connectivity index (χ2n) is 11.2. The highest BCUT2D eigenvalue weighted by molar-refractivity contribution is 7.31. The molecule has 0 saturated heterocycles. The number of nitrogens with zero attached hydrogens (tertiary/aromatic N) is 4. The van der Waals surface area contributed by atoms with Crippen LogP contribution in [0.2, 0.25) is 0 Å². The van der Waals surface area contributed by atoms with E-state index in [-0.39, 0.29) is 36.2 Å². The Morgan fingerprint density at radius 3 is 2.53 bits per heavy atom. The Balaban J connectivity index is 1.23. The third-order valence-electron chi connectivity index (χ3n) is 7.51. The Kier molecular flexibility index (Phi) is 11.1. The largest absolute Gasteiger partial charge is 0.735 e. The summed E-state index contributed by atoms with van der Waals surface area (Å²) in [6.07, 6.45) is 4.03. The van der Waals surface area contributed by atoms with E-state index in [0.717, 1.165) is 23.3 Å². The number of anilines is 2. The van der Waals surface area contributed by atoms with Crippen molar-refractivity contribution in [1.29, 1.82) is 0 Å². The van der Waals surface area contributed by atoms with E-state index in [1.54, 1.807) is 26.0 Å². The van der Waals surface area contributed by atoms with Crippen LogP contribution in [0.1, 0.15) is 63.6 Å². The van der Waals surface area contributed by atoms with E-state index in [1.165, 1.54) is 41.3 Å². The minimum Gasteiger partial charge on any atom is -0.428 e. The molecule has 1 aliphatic carbocycles. The number of benzene rings is 2. The van der Waals surface area contributed by atoms with Crippen molar-refractivity contribution in [3.8, 4) is 5.75 Å². The lowest BCUT2D eigenvalue weighted by atomic mass is 10.1. The molecule has 0 bridgehead atoms. The molecule has 49 heavy (non-hydrogen) atoms. The zero-order chi connectivity index (χ0) is 35.1. The maximum atomic E-state index is 13.7. The lowest BCUT2D eigenvalue weighted by molar-refractivity contribution is -0.151. The van der Waals surface area contributed by atoms with Gasteiger partial charge in [-0.05, 0) is 74.1 Å². The molecule has 0 aliphatic heterocycles. The van der Waals surface area contributed by atoms with E-state index in [1.807, 2.05) is 13.0 Å². The van der Waals surface area contributed by atoms with E-state index in [9.17, 15) is 23.7 Å². The van der Waals surface area contributed by atoms with Gasteiger partial charge in [0.2, 0.25) is 6.79 Å². The van der Waals surface area contributed by atoms with Gasteiger partial charge < -0.3 is 20.1 Å². The van der Waals surface area contributed by atoms with Crippen molar-refractivity contribution in [3.63, 3.8) is 0 Å². The predicted octanol–water partition coefficient (Wildman–Crippen LogP) is 4.67. The Bertz CT molecular complexity index is 1890. The van der Waals surface area contributed by atoms with Crippen LogP contribution in [0.5, 0.6) is 5.75 Å². The molecular formula is C32H34N6O10P+. The molecule has 1 fully saturated rings. The topological polar surface area (TPSA) is 200 Å². The standard InChI is InChI=1S/C32H33N6O10P/c1-4-13-37(32(42)46-18-45-27(39)14-21-6-11-24(12-7-21)47-48-49(43)44)31(41)25-16-38-28(20(25)3)29(33-17-34-38)36-26-15-22(8-5-19(26)2)30(40)35-23-9-10-23/h5-8,11-12,15-17,23H,4,9-10,13-14,18H2,1-3H3,(H2-,33,34,35,36,40,43,44)/p+1. The van der Waals surface area contributed by atoms with Crippen LogP contribution in [-0.4, -0.2) is 67.6 Å². The van der Waals surface area contributed by atoms with Crippen LogP contribution in [0.3, 0.4) is 0 Å². The highest BCUT2D eigenvalue weighted by Gasteiger charge is 2.28. The Morgan fingerprint density at radius 1 is 1.08 bits per heavy atom. The molecule has 16 nitrogen and oxygen atoms in total. The lowest BCUT2D eigenvalue weighted by Gasteiger charge is -2.19. The molecule has 3 amide bonds. The van der Waals surface area contributed by atoms with Gasteiger partial charge in [0.25, 0.3) is 11.8 Å². The molecule has 3 N–H and O–H groups in total. The number of amides is 3. The van der Waals surface area contributed by atoms with Crippen molar-refractivity contribution >= 4 is 49.2 Å². The zero-order valence-electron chi connectivity index (χ0n) is 26.9. The molecule has 1 saturated carbocycles. The molecule has 17 heteroatoms. The molecular weight excluding hydrogens is 659 g/mol. The fraction of sp³-hybridized carbons (Fsp3) is 0.312. The second kappa shape index (κ2) is 15.6. The number of hydrogen-bond acceptors (Lipinski definition) is 12. The molecule has 4 aromatic rings. The third-order valence-corrected chi connectivity index (χ3v) is 7.71. The number of imide groups is 1. The fourth-order valence-electron chi connectivity index (χ4n) is 4.81. The molecule has 256 valence electrons. The fourth-order valence-corrected chi connectivity index (χ4v) is 4.96. The summed E-state index contributed by atoms with van der Waals surface area (Å²) < 4.78 is 26.4. The summed E-state index contributed by atoms with van der Waals surface area (Å²) >= 11 is 0. The molecule has 2 heterocycles. The van der Waals surface area contributed by atoms with Crippen molar-refractivity contribution in [3.05, 3.63) is 82.8 Å². The number of fused-ring (bicyclic) bond motifs is 1. The Labute approximate surface area is 281 Å². The molecule has 1 unspecified atom stereocenters. The molecule has 0 spiro atoms. The smallest absolute Gasteiger partial charge is 0.428 e. The highest BCUT2D eigenvalue weighted by atomic mass is 31.1. The summed E-state index contributed by atoms with van der Waals surface area (Å²) in [5, 5.41) is 10.5. The number of esters is 1. The number of aromatic nitrogens is 3. The van der Waals surface area contributed by atoms with Crippen LogP contribution >= 0.6 is 8.25 Å². The first-order valence-electron chi connectivity index (χ1n) is 15.3. The van der Waals surface area contributed by atoms with Crippen molar-refractivity contribution < 1.29 is 47.7 Å². The summed E-state index contributed by atoms with van der Waals surface area (Å²) in [6, 6.07) is 11.4. The van der Waals surface area contributed by atoms with Gasteiger partial charge in [-0.15, -0.1) is 4.89 Å². The first-order valence-corrected chi connectivity index (χ1v) is 16.4. The minimum absolute atomic E-state index is 0.0333. The van der Waals surface area contributed by atoms with E-state index >= 15 is 0 Å². The summed E-state index contributed by atoms with van der Waals surface area (Å²) in [5.74, 6) is -0.967. The molecule has 5 rings (SSSR count). The number of carbonyl (C=O) groups is 4. The van der Waals surface area contributed by atoms with Crippen LogP contribution in [-0.2, 0) is 29.9 Å². The van der Waals surface area contributed by atoms with Gasteiger partial charge in [0.15, 0.2) is 11.6 Å². The van der Waals surface area contributed by atoms with Gasteiger partial charge in [-0.1, -0.05) is 25.1 Å². The average molecular weight is 694 g/mol. The van der Waals surface area contributed by atoms with Crippen LogP contribution in [0.25, 0.3) is 5.52 Å². The third kappa shape index (κ3) is 8.93. The van der Waals surface area contributed by atoms with E-state index in [0.29, 0.717) is 40.1 Å². The van der Waals surface area contributed by atoms with Crippen molar-refractivity contribution in [2.45, 2.75) is 52.5 Å². The number of carbonyl (C=O) groups excluding carboxylic acids is 4. The van der Waals surface area contributed by atoms with Gasteiger partial charge in [0.05, 0.1) is 12.0 Å². The van der Waals surface area contributed by atoms with Gasteiger partial charge in [-0.2, -0.15) is 5.10 Å². The first-order chi connectivity index (χ1) is 23.5. The van der Waals surface area contributed by atoms with Crippen molar-refractivity contribution in [2.75, 3.05) is 18.7 Å². The summed E-state index contributed by atoms with van der Waals surface area (Å²) in [7, 11) is -2.94. The van der Waals surface area contributed by atoms with Gasteiger partial charge in [-0.25, -0.2) is 19.2 Å². The Morgan fingerprint density at radius 2 is 1.84 bits per heavy atom. The van der Waals surface area contributed by atoms with Crippen molar-refractivity contribution in [1.82, 2.24) is 24.8 Å². The average Bonchev–Trinajstić information content (AvgIpc) is 3.83. The maximum Gasteiger partial charge on any atom is 0.735 e. The number of nitrogens with one attached hydrogen (secondary N) is 2. The highest BCUT2D eigenvalue weighted by Crippen LogP contribution is 2.29. The zero-order valence-corrected chi connectivity index (χ0v) is 27.8. The Hall–Kier alpha value is -5.44. The SMILES string of the molecule is CCCN(C(=O)OCOC(=O)Cc1ccc(OO[P+](=O)O)cc1)C(=O)c1cn2ncnc(Nc3cc(C(=O)NC4CC4)ccc3C)c2c1C. The van der Waals surface area contributed by atoms with Gasteiger partial charge in [-0.3, -0.25) is 19.3 Å². The van der Waals surface area contributed by atoms with Crippen molar-refractivity contribution in [2.24, 2.45) is 0 Å². The summed E-state index contributed by atoms with van der Waals surface area (Å²) in [4.78, 5) is 70.2. The number of hydrogen-bond donors (Lipinski definition) is 3. The summed E-state index contributed by atoms with van der Waals surface area (Å²) in [5.41, 5.74) is 3.73.